The number of rotatable bonds is 6. The highest BCUT2D eigenvalue weighted by molar-refractivity contribution is 7.98. The topological polar surface area (TPSA) is 51.0 Å². The summed E-state index contributed by atoms with van der Waals surface area (Å²) in [5.74, 6) is 0.777. The molecule has 0 aliphatic carbocycles. The molecule has 0 saturated heterocycles. The van der Waals surface area contributed by atoms with Crippen LogP contribution in [-0.4, -0.2) is 21.4 Å². The van der Waals surface area contributed by atoms with Gasteiger partial charge in [-0.2, -0.15) is 5.10 Å². The van der Waals surface area contributed by atoms with Gasteiger partial charge in [-0.25, -0.2) is 4.98 Å². The van der Waals surface area contributed by atoms with Gasteiger partial charge in [0.2, 0.25) is 5.16 Å². The number of aliphatic imine (C=N–C) groups is 1. The third-order valence-corrected chi connectivity index (χ3v) is 4.93. The molecular weight excluding hydrogens is 364 g/mol. The van der Waals surface area contributed by atoms with Crippen LogP contribution in [0.3, 0.4) is 0 Å². The van der Waals surface area contributed by atoms with E-state index in [0.29, 0.717) is 11.6 Å². The Balaban J connectivity index is 1.63. The molecule has 4 nitrogen and oxygen atoms in total. The molecule has 0 radical (unpaired) electrons. The van der Waals surface area contributed by atoms with Gasteiger partial charge >= 0.3 is 0 Å². The first-order valence-corrected chi connectivity index (χ1v) is 9.63. The Labute approximate surface area is 162 Å². The van der Waals surface area contributed by atoms with Crippen LogP contribution in [0.5, 0.6) is 0 Å². The summed E-state index contributed by atoms with van der Waals surface area (Å²) in [6, 6.07) is 15.9. The van der Waals surface area contributed by atoms with Gasteiger partial charge < -0.3 is 0 Å². The van der Waals surface area contributed by atoms with Crippen LogP contribution in [0.15, 0.2) is 58.7 Å². The number of nitrogens with zero attached hydrogens (tertiary/aromatic N) is 4. The van der Waals surface area contributed by atoms with Crippen LogP contribution in [0.1, 0.15) is 22.5 Å². The lowest BCUT2D eigenvalue weighted by Gasteiger charge is -2.04. The zero-order chi connectivity index (χ0) is 18.4. The summed E-state index contributed by atoms with van der Waals surface area (Å²) in [4.78, 5) is 9.10. The first-order chi connectivity index (χ1) is 12.6. The van der Waals surface area contributed by atoms with Crippen molar-refractivity contribution in [3.8, 4) is 0 Å². The van der Waals surface area contributed by atoms with Gasteiger partial charge in [-0.1, -0.05) is 53.2 Å². The molecule has 0 aliphatic heterocycles. The lowest BCUT2D eigenvalue weighted by Crippen LogP contribution is -2.03. The Kier molecular flexibility index (Phi) is 6.36. The summed E-state index contributed by atoms with van der Waals surface area (Å²) in [6.07, 6.45) is 2.50. The van der Waals surface area contributed by atoms with E-state index in [0.717, 1.165) is 27.9 Å². The minimum atomic E-state index is 0.629. The number of aryl methyl sites for hydroxylation is 2. The summed E-state index contributed by atoms with van der Waals surface area (Å²) in [7, 11) is 0. The molecule has 0 saturated carbocycles. The van der Waals surface area contributed by atoms with Crippen molar-refractivity contribution in [2.45, 2.75) is 31.2 Å². The lowest BCUT2D eigenvalue weighted by molar-refractivity contribution is 0.782. The van der Waals surface area contributed by atoms with Gasteiger partial charge in [0.05, 0.1) is 17.1 Å². The highest BCUT2D eigenvalue weighted by Gasteiger charge is 2.06. The molecule has 3 aromatic rings. The minimum absolute atomic E-state index is 0.629. The van der Waals surface area contributed by atoms with E-state index in [1.807, 2.05) is 49.5 Å². The van der Waals surface area contributed by atoms with E-state index in [2.05, 4.69) is 39.2 Å². The van der Waals surface area contributed by atoms with Crippen molar-refractivity contribution < 1.29 is 0 Å². The van der Waals surface area contributed by atoms with E-state index in [1.54, 1.807) is 11.8 Å². The molecule has 1 heterocycles. The van der Waals surface area contributed by atoms with Gasteiger partial charge in [0, 0.05) is 23.4 Å². The van der Waals surface area contributed by atoms with Crippen molar-refractivity contribution >= 4 is 35.3 Å². The fraction of sp³-hybridized carbons (Fsp3) is 0.200. The maximum Gasteiger partial charge on any atom is 0.209 e. The fourth-order valence-corrected chi connectivity index (χ4v) is 3.13. The average molecular weight is 383 g/mol. The van der Waals surface area contributed by atoms with Crippen LogP contribution in [-0.2, 0) is 12.2 Å². The smallest absolute Gasteiger partial charge is 0.209 e. The van der Waals surface area contributed by atoms with Crippen molar-refractivity contribution in [1.82, 2.24) is 15.2 Å². The predicted octanol–water partition coefficient (Wildman–Crippen LogP) is 5.38. The summed E-state index contributed by atoms with van der Waals surface area (Å²) in [6.45, 7) is 3.98. The highest BCUT2D eigenvalue weighted by atomic mass is 35.5. The number of hydrogen-bond donors (Lipinski definition) is 0. The molecule has 6 heteroatoms. The Morgan fingerprint density at radius 1 is 1.00 bits per heavy atom. The summed E-state index contributed by atoms with van der Waals surface area (Å²) >= 11 is 7.47. The van der Waals surface area contributed by atoms with Gasteiger partial charge in [0.15, 0.2) is 0 Å². The number of benzene rings is 2. The molecule has 3 rings (SSSR count). The molecule has 0 amide bonds. The molecule has 0 atom stereocenters. The van der Waals surface area contributed by atoms with Crippen molar-refractivity contribution in [3.05, 3.63) is 76.1 Å². The number of hydrogen-bond acceptors (Lipinski definition) is 5. The predicted molar refractivity (Wildman–Crippen MR) is 109 cm³/mol. The van der Waals surface area contributed by atoms with E-state index in [9.17, 15) is 0 Å². The first kappa shape index (κ1) is 18.5. The summed E-state index contributed by atoms with van der Waals surface area (Å²) in [5, 5.41) is 9.81. The molecule has 26 heavy (non-hydrogen) atoms. The van der Waals surface area contributed by atoms with Gasteiger partial charge in [0.1, 0.15) is 0 Å². The van der Waals surface area contributed by atoms with Crippen molar-refractivity contribution in [3.63, 3.8) is 0 Å². The van der Waals surface area contributed by atoms with Crippen LogP contribution >= 0.6 is 23.4 Å². The molecule has 0 N–H and O–H groups in total. The molecule has 0 unspecified atom stereocenters. The Morgan fingerprint density at radius 3 is 2.46 bits per heavy atom. The van der Waals surface area contributed by atoms with Gasteiger partial charge in [-0.15, -0.1) is 5.10 Å². The zero-order valence-corrected chi connectivity index (χ0v) is 16.3. The van der Waals surface area contributed by atoms with Crippen LogP contribution < -0.4 is 0 Å². The second-order valence-electron chi connectivity index (χ2n) is 5.89. The van der Waals surface area contributed by atoms with Crippen LogP contribution in [0.2, 0.25) is 5.02 Å². The molecule has 132 valence electrons. The molecular formula is C20H19ClN4S. The van der Waals surface area contributed by atoms with E-state index in [1.165, 1.54) is 11.1 Å². The van der Waals surface area contributed by atoms with Crippen LogP contribution in [0, 0.1) is 13.8 Å². The van der Waals surface area contributed by atoms with E-state index >= 15 is 0 Å². The minimum Gasteiger partial charge on any atom is -0.261 e. The van der Waals surface area contributed by atoms with Crippen molar-refractivity contribution in [2.24, 2.45) is 4.99 Å². The molecule has 0 aliphatic rings. The largest absolute Gasteiger partial charge is 0.261 e. The highest BCUT2D eigenvalue weighted by Crippen LogP contribution is 2.21. The molecule has 0 spiro atoms. The molecule has 0 bridgehead atoms. The average Bonchev–Trinajstić information content (AvgIpc) is 2.65. The van der Waals surface area contributed by atoms with E-state index < -0.39 is 0 Å². The van der Waals surface area contributed by atoms with Gasteiger partial charge in [-0.05, 0) is 43.7 Å². The van der Waals surface area contributed by atoms with Crippen LogP contribution in [0.25, 0.3) is 0 Å². The molecule has 2 aromatic carbocycles. The Bertz CT molecular complexity index is 893. The van der Waals surface area contributed by atoms with E-state index in [4.69, 9.17) is 11.6 Å². The van der Waals surface area contributed by atoms with E-state index in [-0.39, 0.29) is 0 Å². The second-order valence-corrected chi connectivity index (χ2v) is 7.27. The maximum absolute atomic E-state index is 5.91. The number of aromatic nitrogens is 3. The van der Waals surface area contributed by atoms with Gasteiger partial charge in [0.25, 0.3) is 0 Å². The maximum atomic E-state index is 5.91. The monoisotopic (exact) mass is 382 g/mol. The number of thioether (sulfide) groups is 1. The lowest BCUT2D eigenvalue weighted by atomic mass is 10.2. The third-order valence-electron chi connectivity index (χ3n) is 3.77. The second kappa shape index (κ2) is 8.92. The Hall–Kier alpha value is -2.24. The summed E-state index contributed by atoms with van der Waals surface area (Å²) < 4.78 is 0. The Morgan fingerprint density at radius 2 is 1.73 bits per heavy atom. The third kappa shape index (κ3) is 5.38. The number of halogens is 1. The summed E-state index contributed by atoms with van der Waals surface area (Å²) in [5.41, 5.74) is 5.06. The zero-order valence-electron chi connectivity index (χ0n) is 14.7. The quantitative estimate of drug-likeness (QED) is 0.424. The standard InChI is InChI=1S/C20H19ClN4S/c1-14-3-9-18(10-4-14)22-12-11-19-15(2)24-25-20(23-19)26-13-16-5-7-17(21)8-6-16/h3-10,12H,11,13H2,1-2H3. The molecule has 1 aromatic heterocycles. The molecule has 0 fully saturated rings. The normalized spacial score (nSPS) is 11.2. The first-order valence-electron chi connectivity index (χ1n) is 8.27. The van der Waals surface area contributed by atoms with Gasteiger partial charge in [-0.3, -0.25) is 4.99 Å². The van der Waals surface area contributed by atoms with Crippen molar-refractivity contribution in [2.75, 3.05) is 0 Å². The fourth-order valence-electron chi connectivity index (χ4n) is 2.25. The van der Waals surface area contributed by atoms with Crippen molar-refractivity contribution in [1.29, 1.82) is 0 Å². The SMILES string of the molecule is Cc1ccc(N=CCc2nc(SCc3ccc(Cl)cc3)nnc2C)cc1. The van der Waals surface area contributed by atoms with Crippen LogP contribution in [0.4, 0.5) is 5.69 Å².